The van der Waals surface area contributed by atoms with Crippen molar-refractivity contribution in [3.8, 4) is 0 Å². The van der Waals surface area contributed by atoms with Gasteiger partial charge in [0, 0.05) is 22.4 Å². The number of furan rings is 1. The minimum Gasteiger partial charge on any atom is -0.451 e. The normalized spacial score (nSPS) is 16.8. The predicted molar refractivity (Wildman–Crippen MR) is 110 cm³/mol. The van der Waals surface area contributed by atoms with Crippen LogP contribution in [0.4, 0.5) is 4.39 Å². The lowest BCUT2D eigenvalue weighted by molar-refractivity contribution is 0.0907. The molecule has 0 aliphatic carbocycles. The quantitative estimate of drug-likeness (QED) is 0.633. The second-order valence-corrected chi connectivity index (χ2v) is 8.37. The van der Waals surface area contributed by atoms with Crippen molar-refractivity contribution in [2.45, 2.75) is 38.6 Å². The molecule has 0 radical (unpaired) electrons. The molecule has 148 valence electrons. The molecular weight excluding hydrogens is 375 g/mol. The maximum atomic E-state index is 13.5. The fourth-order valence-electron chi connectivity index (χ4n) is 3.98. The molecule has 1 unspecified atom stereocenters. The summed E-state index contributed by atoms with van der Waals surface area (Å²) in [6, 6.07) is 8.70. The number of rotatable bonds is 5. The molecule has 1 fully saturated rings. The average molecular weight is 401 g/mol. The second-order valence-electron chi connectivity index (χ2n) is 7.39. The van der Waals surface area contributed by atoms with E-state index in [1.165, 1.54) is 42.7 Å². The number of carbonyl (C=O) groups excluding carboxylic acids is 1. The lowest BCUT2D eigenvalue weighted by Crippen LogP contribution is -2.38. The standard InChI is InChI=1S/C22H25FN2O2S/c1-15-17-13-16(23)8-9-19(17)27-21(15)22(26)24-14-18(20-7-6-12-28-20)25-10-4-2-3-5-11-25/h6-9,12-13,18H,2-5,10-11,14H2,1H3,(H,24,26). The Morgan fingerprint density at radius 2 is 2.04 bits per heavy atom. The van der Waals surface area contributed by atoms with E-state index >= 15 is 0 Å². The van der Waals surface area contributed by atoms with Gasteiger partial charge in [-0.05, 0) is 62.5 Å². The van der Waals surface area contributed by atoms with Crippen molar-refractivity contribution in [1.29, 1.82) is 0 Å². The molecule has 28 heavy (non-hydrogen) atoms. The van der Waals surface area contributed by atoms with Crippen LogP contribution in [0.2, 0.25) is 0 Å². The van der Waals surface area contributed by atoms with Gasteiger partial charge >= 0.3 is 0 Å². The second kappa shape index (κ2) is 8.45. The van der Waals surface area contributed by atoms with E-state index in [1.54, 1.807) is 24.3 Å². The fraction of sp³-hybridized carbons (Fsp3) is 0.409. The van der Waals surface area contributed by atoms with Gasteiger partial charge in [0.15, 0.2) is 5.76 Å². The van der Waals surface area contributed by atoms with Crippen molar-refractivity contribution in [2.24, 2.45) is 0 Å². The van der Waals surface area contributed by atoms with Gasteiger partial charge in [0.1, 0.15) is 11.4 Å². The number of halogens is 1. The molecule has 1 aliphatic rings. The van der Waals surface area contributed by atoms with Crippen LogP contribution >= 0.6 is 11.3 Å². The first kappa shape index (κ1) is 19.2. The molecule has 3 heterocycles. The number of nitrogens with zero attached hydrogens (tertiary/aromatic N) is 1. The summed E-state index contributed by atoms with van der Waals surface area (Å²) in [5.74, 6) is -0.311. The molecule has 1 atom stereocenters. The lowest BCUT2D eigenvalue weighted by atomic mass is 10.1. The van der Waals surface area contributed by atoms with Crippen molar-refractivity contribution in [2.75, 3.05) is 19.6 Å². The highest BCUT2D eigenvalue weighted by Crippen LogP contribution is 2.28. The van der Waals surface area contributed by atoms with Crippen LogP contribution in [0.1, 0.15) is 52.7 Å². The van der Waals surface area contributed by atoms with Gasteiger partial charge in [-0.25, -0.2) is 4.39 Å². The van der Waals surface area contributed by atoms with E-state index < -0.39 is 0 Å². The Balaban J connectivity index is 1.52. The summed E-state index contributed by atoms with van der Waals surface area (Å²) in [6.07, 6.45) is 4.94. The number of likely N-dealkylation sites (tertiary alicyclic amines) is 1. The maximum Gasteiger partial charge on any atom is 0.287 e. The zero-order valence-corrected chi connectivity index (χ0v) is 16.9. The first-order chi connectivity index (χ1) is 13.6. The number of amides is 1. The zero-order valence-electron chi connectivity index (χ0n) is 16.0. The Kier molecular flexibility index (Phi) is 5.78. The van der Waals surface area contributed by atoms with Crippen LogP contribution in [-0.2, 0) is 0 Å². The highest BCUT2D eigenvalue weighted by molar-refractivity contribution is 7.10. The molecule has 1 aromatic carbocycles. The van der Waals surface area contributed by atoms with Crippen molar-refractivity contribution < 1.29 is 13.6 Å². The molecule has 0 saturated carbocycles. The van der Waals surface area contributed by atoms with Gasteiger partial charge in [0.2, 0.25) is 0 Å². The number of thiophene rings is 1. The summed E-state index contributed by atoms with van der Waals surface area (Å²) in [7, 11) is 0. The number of benzene rings is 1. The van der Waals surface area contributed by atoms with E-state index in [0.717, 1.165) is 13.1 Å². The summed E-state index contributed by atoms with van der Waals surface area (Å²) >= 11 is 1.73. The highest BCUT2D eigenvalue weighted by Gasteiger charge is 2.25. The molecule has 1 aliphatic heterocycles. The Morgan fingerprint density at radius 1 is 1.25 bits per heavy atom. The monoisotopic (exact) mass is 400 g/mol. The van der Waals surface area contributed by atoms with Crippen LogP contribution in [0.3, 0.4) is 0 Å². The number of fused-ring (bicyclic) bond motifs is 1. The molecule has 0 spiro atoms. The number of nitrogens with one attached hydrogen (secondary N) is 1. The van der Waals surface area contributed by atoms with Crippen LogP contribution in [0.15, 0.2) is 40.1 Å². The van der Waals surface area contributed by atoms with Gasteiger partial charge in [-0.3, -0.25) is 9.69 Å². The molecule has 4 rings (SSSR count). The molecule has 6 heteroatoms. The van der Waals surface area contributed by atoms with Gasteiger partial charge in [0.25, 0.3) is 5.91 Å². The van der Waals surface area contributed by atoms with E-state index in [-0.39, 0.29) is 23.5 Å². The van der Waals surface area contributed by atoms with Crippen LogP contribution in [0.5, 0.6) is 0 Å². The summed E-state index contributed by atoms with van der Waals surface area (Å²) in [6.45, 7) is 4.44. The zero-order chi connectivity index (χ0) is 19.5. The van der Waals surface area contributed by atoms with Crippen molar-refractivity contribution in [3.05, 3.63) is 57.7 Å². The van der Waals surface area contributed by atoms with E-state index in [4.69, 9.17) is 4.42 Å². The maximum absolute atomic E-state index is 13.5. The summed E-state index contributed by atoms with van der Waals surface area (Å²) in [4.78, 5) is 16.6. The average Bonchev–Trinajstić information content (AvgIpc) is 3.23. The van der Waals surface area contributed by atoms with Crippen LogP contribution < -0.4 is 5.32 Å². The van der Waals surface area contributed by atoms with Gasteiger partial charge in [-0.1, -0.05) is 18.9 Å². The van der Waals surface area contributed by atoms with E-state index in [9.17, 15) is 9.18 Å². The van der Waals surface area contributed by atoms with E-state index in [1.807, 2.05) is 0 Å². The van der Waals surface area contributed by atoms with Gasteiger partial charge < -0.3 is 9.73 Å². The largest absolute Gasteiger partial charge is 0.451 e. The molecule has 0 bridgehead atoms. The third kappa shape index (κ3) is 3.98. The topological polar surface area (TPSA) is 45.5 Å². The van der Waals surface area contributed by atoms with Crippen LogP contribution in [-0.4, -0.2) is 30.4 Å². The summed E-state index contributed by atoms with van der Waals surface area (Å²) in [5, 5.41) is 5.79. The van der Waals surface area contributed by atoms with Gasteiger partial charge in [-0.15, -0.1) is 11.3 Å². The molecule has 1 amide bonds. The Morgan fingerprint density at radius 3 is 2.75 bits per heavy atom. The molecule has 3 aromatic rings. The Bertz CT molecular complexity index is 943. The van der Waals surface area contributed by atoms with Crippen LogP contribution in [0.25, 0.3) is 11.0 Å². The summed E-state index contributed by atoms with van der Waals surface area (Å²) in [5.41, 5.74) is 1.21. The predicted octanol–water partition coefficient (Wildman–Crippen LogP) is 5.29. The summed E-state index contributed by atoms with van der Waals surface area (Å²) < 4.78 is 19.2. The van der Waals surface area contributed by atoms with E-state index in [2.05, 4.69) is 27.7 Å². The van der Waals surface area contributed by atoms with E-state index in [0.29, 0.717) is 23.1 Å². The third-order valence-corrected chi connectivity index (χ3v) is 6.49. The van der Waals surface area contributed by atoms with Crippen molar-refractivity contribution in [1.82, 2.24) is 10.2 Å². The van der Waals surface area contributed by atoms with Crippen LogP contribution in [0, 0.1) is 12.7 Å². The molecule has 1 N–H and O–H groups in total. The van der Waals surface area contributed by atoms with Gasteiger partial charge in [0.05, 0.1) is 6.04 Å². The number of hydrogen-bond donors (Lipinski definition) is 1. The van der Waals surface area contributed by atoms with Gasteiger partial charge in [-0.2, -0.15) is 0 Å². The molecule has 2 aromatic heterocycles. The smallest absolute Gasteiger partial charge is 0.287 e. The first-order valence-electron chi connectivity index (χ1n) is 9.88. The minimum absolute atomic E-state index is 0.171. The fourth-order valence-corrected chi connectivity index (χ4v) is 4.84. The molecular formula is C22H25FN2O2S. The van der Waals surface area contributed by atoms with Crippen molar-refractivity contribution >= 4 is 28.2 Å². The first-order valence-corrected chi connectivity index (χ1v) is 10.8. The number of carbonyl (C=O) groups is 1. The Hall–Kier alpha value is -2.18. The molecule has 1 saturated heterocycles. The third-order valence-electron chi connectivity index (χ3n) is 5.51. The van der Waals surface area contributed by atoms with Crippen molar-refractivity contribution in [3.63, 3.8) is 0 Å². The number of aryl methyl sites for hydroxylation is 1. The minimum atomic E-state index is -0.331. The number of hydrogen-bond acceptors (Lipinski definition) is 4. The SMILES string of the molecule is Cc1c(C(=O)NCC(c2cccs2)N2CCCCCC2)oc2ccc(F)cc12. The Labute approximate surface area is 168 Å². The molecule has 4 nitrogen and oxygen atoms in total. The lowest BCUT2D eigenvalue weighted by Gasteiger charge is -2.30. The highest BCUT2D eigenvalue weighted by atomic mass is 32.1.